The molecule has 0 aromatic carbocycles. The van der Waals surface area contributed by atoms with Gasteiger partial charge < -0.3 is 39.0 Å². The number of allylic oxidation sites excluding steroid dienone is 4. The Labute approximate surface area is 483 Å². The molecule has 462 valence electrons. The van der Waals surface area contributed by atoms with Gasteiger partial charge in [0.1, 0.15) is 18.8 Å². The number of esters is 3. The maximum atomic E-state index is 13.2. The van der Waals surface area contributed by atoms with Crippen molar-refractivity contribution in [3.63, 3.8) is 0 Å². The van der Waals surface area contributed by atoms with Crippen molar-refractivity contribution in [2.45, 2.75) is 366 Å². The Morgan fingerprint density at radius 3 is 1.16 bits per heavy atom. The number of carbonyl (C=O) groups excluding carboxylic acids is 3. The van der Waals surface area contributed by atoms with Gasteiger partial charge in [-0.05, 0) is 51.4 Å². The summed E-state index contributed by atoms with van der Waals surface area (Å²) < 4.78 is 28.6. The van der Waals surface area contributed by atoms with Gasteiger partial charge in [-0.15, -0.1) is 0 Å². The van der Waals surface area contributed by atoms with Crippen molar-refractivity contribution < 1.29 is 58.2 Å². The molecular formula is C67H122O12. The van der Waals surface area contributed by atoms with Gasteiger partial charge in [-0.3, -0.25) is 14.4 Å². The normalized spacial score (nSPS) is 17.9. The average Bonchev–Trinajstić information content (AvgIpc) is 3.47. The fraction of sp³-hybridized carbons (Fsp3) is 0.881. The van der Waals surface area contributed by atoms with E-state index in [1.807, 2.05) is 0 Å². The Kier molecular flexibility index (Phi) is 52.3. The maximum absolute atomic E-state index is 13.2. The second-order valence-corrected chi connectivity index (χ2v) is 23.1. The van der Waals surface area contributed by atoms with Crippen LogP contribution < -0.4 is 0 Å². The molecule has 79 heavy (non-hydrogen) atoms. The number of unbranched alkanes of at least 4 members (excludes halogenated alkanes) is 40. The molecule has 0 spiro atoms. The van der Waals surface area contributed by atoms with Crippen LogP contribution in [0.5, 0.6) is 0 Å². The molecule has 6 atom stereocenters. The molecule has 0 saturated carbocycles. The number of ether oxygens (including phenoxy) is 5. The fourth-order valence-corrected chi connectivity index (χ4v) is 10.4. The third-order valence-electron chi connectivity index (χ3n) is 15.5. The summed E-state index contributed by atoms with van der Waals surface area (Å²) in [5.74, 6) is -3.08. The molecule has 0 radical (unpaired) electrons. The minimum absolute atomic E-state index is 0.0681. The van der Waals surface area contributed by atoms with E-state index in [2.05, 4.69) is 45.1 Å². The first kappa shape index (κ1) is 74.2. The molecule has 1 saturated heterocycles. The first-order valence-corrected chi connectivity index (χ1v) is 33.3. The molecule has 1 rings (SSSR count). The molecule has 0 aromatic heterocycles. The summed E-state index contributed by atoms with van der Waals surface area (Å²) in [6.07, 6.45) is 52.8. The highest BCUT2D eigenvalue weighted by Gasteiger charge is 2.50. The highest BCUT2D eigenvalue weighted by Crippen LogP contribution is 2.27. The summed E-state index contributed by atoms with van der Waals surface area (Å²) in [6, 6.07) is 0. The van der Waals surface area contributed by atoms with Gasteiger partial charge in [0.05, 0.1) is 6.61 Å². The Morgan fingerprint density at radius 2 is 0.759 bits per heavy atom. The van der Waals surface area contributed by atoms with Crippen molar-refractivity contribution in [1.29, 1.82) is 0 Å². The number of carboxylic acids is 1. The van der Waals surface area contributed by atoms with Crippen molar-refractivity contribution >= 4 is 23.9 Å². The third-order valence-corrected chi connectivity index (χ3v) is 15.5. The first-order valence-electron chi connectivity index (χ1n) is 33.3. The van der Waals surface area contributed by atoms with Crippen LogP contribution in [0.4, 0.5) is 0 Å². The van der Waals surface area contributed by atoms with Gasteiger partial charge in [0.2, 0.25) is 0 Å². The van der Waals surface area contributed by atoms with Crippen molar-refractivity contribution in [1.82, 2.24) is 0 Å². The fourth-order valence-electron chi connectivity index (χ4n) is 10.4. The summed E-state index contributed by atoms with van der Waals surface area (Å²) in [7, 11) is 0. The van der Waals surface area contributed by atoms with Crippen LogP contribution in [0, 0.1) is 0 Å². The van der Waals surface area contributed by atoms with Gasteiger partial charge in [-0.2, -0.15) is 0 Å². The van der Waals surface area contributed by atoms with Crippen LogP contribution in [-0.4, -0.2) is 89.2 Å². The SMILES string of the molecule is CCCCC/C=C\C/C=C\CCCCCCCCCCCC(=O)OCC(COC1OC(C(=O)O)C(O)C(O)C1OC(=O)CCCCCCCCCCCCCCCCCCC)OC(=O)CCCCCCCCCCCCCCC. The topological polar surface area (TPSA) is 175 Å². The molecule has 0 bridgehead atoms. The van der Waals surface area contributed by atoms with Crippen LogP contribution in [0.2, 0.25) is 0 Å². The summed E-state index contributed by atoms with van der Waals surface area (Å²) in [6.45, 7) is 6.02. The molecule has 1 aliphatic heterocycles. The van der Waals surface area contributed by atoms with E-state index < -0.39 is 67.3 Å². The molecule has 0 aliphatic carbocycles. The monoisotopic (exact) mass is 1120 g/mol. The van der Waals surface area contributed by atoms with E-state index in [0.717, 1.165) is 70.6 Å². The van der Waals surface area contributed by atoms with Crippen molar-refractivity contribution in [2.24, 2.45) is 0 Å². The van der Waals surface area contributed by atoms with E-state index >= 15 is 0 Å². The second kappa shape index (κ2) is 55.7. The molecule has 0 aromatic rings. The summed E-state index contributed by atoms with van der Waals surface area (Å²) in [5.41, 5.74) is 0. The maximum Gasteiger partial charge on any atom is 0.335 e. The number of aliphatic carboxylic acids is 1. The highest BCUT2D eigenvalue weighted by molar-refractivity contribution is 5.74. The van der Waals surface area contributed by atoms with Gasteiger partial charge in [-0.1, -0.05) is 283 Å². The molecule has 1 heterocycles. The number of aliphatic hydroxyl groups is 2. The van der Waals surface area contributed by atoms with Gasteiger partial charge in [-0.25, -0.2) is 4.79 Å². The Balaban J connectivity index is 2.61. The lowest BCUT2D eigenvalue weighted by Crippen LogP contribution is -2.61. The van der Waals surface area contributed by atoms with Crippen LogP contribution in [0.1, 0.15) is 329 Å². The first-order chi connectivity index (χ1) is 38.6. The summed E-state index contributed by atoms with van der Waals surface area (Å²) in [4.78, 5) is 51.3. The zero-order valence-electron chi connectivity index (χ0n) is 51.1. The minimum atomic E-state index is -1.90. The molecule has 1 fully saturated rings. The molecule has 3 N–H and O–H groups in total. The number of aliphatic hydroxyl groups excluding tert-OH is 2. The Bertz CT molecular complexity index is 1470. The van der Waals surface area contributed by atoms with Crippen LogP contribution in [0.15, 0.2) is 24.3 Å². The lowest BCUT2D eigenvalue weighted by molar-refractivity contribution is -0.301. The van der Waals surface area contributed by atoms with E-state index in [0.29, 0.717) is 19.3 Å². The number of carboxylic acid groups (broad SMARTS) is 1. The summed E-state index contributed by atoms with van der Waals surface area (Å²) in [5, 5.41) is 31.6. The van der Waals surface area contributed by atoms with E-state index in [1.54, 1.807) is 0 Å². The van der Waals surface area contributed by atoms with Crippen LogP contribution >= 0.6 is 0 Å². The number of carbonyl (C=O) groups is 4. The van der Waals surface area contributed by atoms with E-state index in [1.165, 1.54) is 199 Å². The van der Waals surface area contributed by atoms with Crippen LogP contribution in [0.3, 0.4) is 0 Å². The standard InChI is InChI=1S/C67H122O12/c1-4-7-10-13-16-19-22-25-27-29-30-32-33-36-38-41-44-47-50-53-59(68)75-56-58(77-60(69)54-51-48-45-42-39-35-24-21-18-15-12-9-6-3)57-76-67-65(63(72)62(71)64(79-67)66(73)74)78-61(70)55-52-49-46-43-40-37-34-31-28-26-23-20-17-14-11-8-5-2/h16,19,25,27,58,62-65,67,71-72H,4-15,17-18,20-24,26,28-57H2,1-3H3,(H,73,74)/b19-16-,27-25-. The lowest BCUT2D eigenvalue weighted by atomic mass is 9.98. The molecule has 0 amide bonds. The van der Waals surface area contributed by atoms with Gasteiger partial charge in [0.15, 0.2) is 24.6 Å². The van der Waals surface area contributed by atoms with E-state index in [9.17, 15) is 34.5 Å². The van der Waals surface area contributed by atoms with Crippen LogP contribution in [-0.2, 0) is 42.9 Å². The zero-order chi connectivity index (χ0) is 57.5. The Morgan fingerprint density at radius 1 is 0.418 bits per heavy atom. The second-order valence-electron chi connectivity index (χ2n) is 23.1. The predicted molar refractivity (Wildman–Crippen MR) is 322 cm³/mol. The quantitative estimate of drug-likeness (QED) is 0.0228. The van der Waals surface area contributed by atoms with Crippen molar-refractivity contribution in [3.8, 4) is 0 Å². The van der Waals surface area contributed by atoms with E-state index in [4.69, 9.17) is 23.7 Å². The molecular weight excluding hydrogens is 997 g/mol. The number of hydrogen-bond donors (Lipinski definition) is 3. The predicted octanol–water partition coefficient (Wildman–Crippen LogP) is 17.8. The highest BCUT2D eigenvalue weighted by atomic mass is 16.7. The largest absolute Gasteiger partial charge is 0.479 e. The summed E-state index contributed by atoms with van der Waals surface area (Å²) >= 11 is 0. The number of hydrogen-bond acceptors (Lipinski definition) is 11. The molecule has 12 nitrogen and oxygen atoms in total. The zero-order valence-corrected chi connectivity index (χ0v) is 51.1. The smallest absolute Gasteiger partial charge is 0.335 e. The Hall–Kier alpha value is -2.80. The van der Waals surface area contributed by atoms with Gasteiger partial charge >= 0.3 is 23.9 Å². The molecule has 6 unspecified atom stereocenters. The lowest BCUT2D eigenvalue weighted by Gasteiger charge is -2.40. The number of rotatable bonds is 58. The molecule has 1 aliphatic rings. The van der Waals surface area contributed by atoms with Gasteiger partial charge in [0.25, 0.3) is 0 Å². The average molecular weight is 1120 g/mol. The third kappa shape index (κ3) is 45.4. The molecule has 12 heteroatoms. The van der Waals surface area contributed by atoms with Gasteiger partial charge in [0, 0.05) is 19.3 Å². The van der Waals surface area contributed by atoms with E-state index in [-0.39, 0.29) is 25.9 Å². The van der Waals surface area contributed by atoms with Crippen molar-refractivity contribution in [3.05, 3.63) is 24.3 Å². The van der Waals surface area contributed by atoms with Crippen molar-refractivity contribution in [2.75, 3.05) is 13.2 Å². The van der Waals surface area contributed by atoms with Crippen LogP contribution in [0.25, 0.3) is 0 Å². The minimum Gasteiger partial charge on any atom is -0.479 e.